The summed E-state index contributed by atoms with van der Waals surface area (Å²) in [6.07, 6.45) is 4.96. The molecule has 23 heavy (non-hydrogen) atoms. The first-order chi connectivity index (χ1) is 10.5. The third kappa shape index (κ3) is 3.63. The highest BCUT2D eigenvalue weighted by Crippen LogP contribution is 2.40. The van der Waals surface area contributed by atoms with Crippen LogP contribution >= 0.6 is 0 Å². The second-order valence-electron chi connectivity index (χ2n) is 8.48. The van der Waals surface area contributed by atoms with Crippen molar-refractivity contribution in [2.24, 2.45) is 5.41 Å². The Kier molecular flexibility index (Phi) is 4.96. The lowest BCUT2D eigenvalue weighted by Crippen LogP contribution is -2.30. The van der Waals surface area contributed by atoms with Crippen molar-refractivity contribution in [3.05, 3.63) is 57.4 Å². The molecular weight excluding hydrogens is 294 g/mol. The maximum absolute atomic E-state index is 2.53. The SMILES string of the molecule is Cc1cc(C)c(C)c(C2C=C(C(C)(C)C)C([SiH](C)C)=CN2C)c1. The first kappa shape index (κ1) is 18.1. The summed E-state index contributed by atoms with van der Waals surface area (Å²) in [4.78, 5) is 2.42. The number of allylic oxidation sites excluding steroid dienone is 2. The van der Waals surface area contributed by atoms with Crippen LogP contribution in [0.1, 0.15) is 49.1 Å². The maximum Gasteiger partial charge on any atom is 0.0726 e. The van der Waals surface area contributed by atoms with Crippen LogP contribution in [0.3, 0.4) is 0 Å². The van der Waals surface area contributed by atoms with Gasteiger partial charge in [-0.25, -0.2) is 0 Å². The Morgan fingerprint density at radius 2 is 1.65 bits per heavy atom. The molecule has 1 aliphatic heterocycles. The minimum Gasteiger partial charge on any atom is -0.370 e. The minimum atomic E-state index is -0.850. The second-order valence-corrected chi connectivity index (χ2v) is 11.4. The van der Waals surface area contributed by atoms with Crippen LogP contribution in [0.15, 0.2) is 35.2 Å². The van der Waals surface area contributed by atoms with Gasteiger partial charge in [0.1, 0.15) is 0 Å². The van der Waals surface area contributed by atoms with Gasteiger partial charge in [-0.3, -0.25) is 0 Å². The molecule has 0 aliphatic carbocycles. The Hall–Kier alpha value is -1.28. The van der Waals surface area contributed by atoms with Crippen LogP contribution in [0.2, 0.25) is 13.1 Å². The lowest BCUT2D eigenvalue weighted by molar-refractivity contribution is 0.372. The second kappa shape index (κ2) is 6.31. The number of rotatable bonds is 2. The quantitative estimate of drug-likeness (QED) is 0.650. The van der Waals surface area contributed by atoms with E-state index in [0.29, 0.717) is 6.04 Å². The van der Waals surface area contributed by atoms with Gasteiger partial charge in [0.05, 0.1) is 14.8 Å². The summed E-state index contributed by atoms with van der Waals surface area (Å²) < 4.78 is 0. The molecule has 0 radical (unpaired) electrons. The highest BCUT2D eigenvalue weighted by Gasteiger charge is 2.30. The number of nitrogens with zero attached hydrogens (tertiary/aromatic N) is 1. The molecule has 2 heteroatoms. The van der Waals surface area contributed by atoms with Gasteiger partial charge < -0.3 is 4.90 Å². The molecule has 0 bridgehead atoms. The van der Waals surface area contributed by atoms with E-state index in [0.717, 1.165) is 0 Å². The molecule has 1 aromatic carbocycles. The zero-order valence-electron chi connectivity index (χ0n) is 16.4. The Bertz CT molecular complexity index is 659. The first-order valence-electron chi connectivity index (χ1n) is 8.76. The molecule has 2 rings (SSSR count). The smallest absolute Gasteiger partial charge is 0.0726 e. The average molecular weight is 328 g/mol. The molecule has 0 amide bonds. The molecule has 1 nitrogen and oxygen atoms in total. The number of benzene rings is 1. The van der Waals surface area contributed by atoms with Crippen molar-refractivity contribution >= 4 is 8.80 Å². The summed E-state index contributed by atoms with van der Waals surface area (Å²) in [7, 11) is 1.38. The first-order valence-corrected chi connectivity index (χ1v) is 11.6. The van der Waals surface area contributed by atoms with Crippen molar-refractivity contribution in [2.75, 3.05) is 7.05 Å². The van der Waals surface area contributed by atoms with Gasteiger partial charge in [0, 0.05) is 7.05 Å². The topological polar surface area (TPSA) is 3.24 Å². The van der Waals surface area contributed by atoms with Crippen molar-refractivity contribution in [3.63, 3.8) is 0 Å². The van der Waals surface area contributed by atoms with Crippen LogP contribution in [-0.2, 0) is 0 Å². The highest BCUT2D eigenvalue weighted by molar-refractivity contribution is 6.65. The fraction of sp³-hybridized carbons (Fsp3) is 0.524. The molecular formula is C21H33NSi. The van der Waals surface area contributed by atoms with Gasteiger partial charge in [-0.05, 0) is 59.8 Å². The maximum atomic E-state index is 2.53. The summed E-state index contributed by atoms with van der Waals surface area (Å²) >= 11 is 0. The highest BCUT2D eigenvalue weighted by atomic mass is 28.3. The van der Waals surface area contributed by atoms with Gasteiger partial charge in [-0.2, -0.15) is 0 Å². The number of likely N-dealkylation sites (N-methyl/N-ethyl adjacent to an activating group) is 1. The van der Waals surface area contributed by atoms with Crippen molar-refractivity contribution in [1.29, 1.82) is 0 Å². The summed E-state index contributed by atoms with van der Waals surface area (Å²) in [5.74, 6) is 0. The molecule has 0 aromatic heterocycles. The Balaban J connectivity index is 2.60. The van der Waals surface area contributed by atoms with Crippen LogP contribution in [-0.4, -0.2) is 20.7 Å². The average Bonchev–Trinajstić information content (AvgIpc) is 2.41. The summed E-state index contributed by atoms with van der Waals surface area (Å²) in [6.45, 7) is 18.6. The largest absolute Gasteiger partial charge is 0.370 e. The van der Waals surface area contributed by atoms with Crippen LogP contribution in [0, 0.1) is 26.2 Å². The van der Waals surface area contributed by atoms with Gasteiger partial charge >= 0.3 is 0 Å². The molecule has 0 saturated carbocycles. The standard InChI is InChI=1S/C21H33NSi/c1-14-10-15(2)16(3)17(11-14)19-12-18(21(4,5)6)20(23(8)9)13-22(19)7/h10-13,19,23H,1-9H3. The van der Waals surface area contributed by atoms with Gasteiger partial charge in [-0.1, -0.05) is 57.6 Å². The molecule has 1 atom stereocenters. The van der Waals surface area contributed by atoms with Gasteiger partial charge in [0.25, 0.3) is 0 Å². The van der Waals surface area contributed by atoms with Crippen LogP contribution < -0.4 is 0 Å². The van der Waals surface area contributed by atoms with Crippen LogP contribution in [0.25, 0.3) is 0 Å². The molecule has 1 aliphatic rings. The van der Waals surface area contributed by atoms with E-state index >= 15 is 0 Å². The number of aryl methyl sites for hydroxylation is 2. The van der Waals surface area contributed by atoms with Crippen molar-refractivity contribution in [3.8, 4) is 0 Å². The zero-order valence-corrected chi connectivity index (χ0v) is 17.6. The summed E-state index contributed by atoms with van der Waals surface area (Å²) in [5.41, 5.74) is 7.39. The van der Waals surface area contributed by atoms with E-state index < -0.39 is 8.80 Å². The molecule has 0 fully saturated rings. The molecule has 0 N–H and O–H groups in total. The lowest BCUT2D eigenvalue weighted by atomic mass is 9.82. The Morgan fingerprint density at radius 1 is 1.04 bits per heavy atom. The molecule has 126 valence electrons. The van der Waals surface area contributed by atoms with Crippen molar-refractivity contribution < 1.29 is 0 Å². The predicted octanol–water partition coefficient (Wildman–Crippen LogP) is 5.48. The molecule has 1 heterocycles. The normalized spacial score (nSPS) is 19.0. The molecule has 1 aromatic rings. The van der Waals surface area contributed by atoms with Gasteiger partial charge in [0.15, 0.2) is 0 Å². The fourth-order valence-corrected chi connectivity index (χ4v) is 5.26. The van der Waals surface area contributed by atoms with Gasteiger partial charge in [-0.15, -0.1) is 0 Å². The Morgan fingerprint density at radius 3 is 2.17 bits per heavy atom. The van der Waals surface area contributed by atoms with E-state index in [-0.39, 0.29) is 5.41 Å². The monoisotopic (exact) mass is 327 g/mol. The number of hydrogen-bond acceptors (Lipinski definition) is 1. The fourth-order valence-electron chi connectivity index (χ4n) is 3.57. The summed E-state index contributed by atoms with van der Waals surface area (Å²) in [5, 5.41) is 1.61. The third-order valence-corrected chi connectivity index (χ3v) is 6.72. The molecule has 1 unspecified atom stereocenters. The third-order valence-electron chi connectivity index (χ3n) is 5.02. The Labute approximate surface area is 144 Å². The lowest BCUT2D eigenvalue weighted by Gasteiger charge is -2.38. The zero-order chi connectivity index (χ0) is 17.5. The molecule has 0 saturated heterocycles. The summed E-state index contributed by atoms with van der Waals surface area (Å²) in [6, 6.07) is 5.00. The van der Waals surface area contributed by atoms with Crippen molar-refractivity contribution in [1.82, 2.24) is 4.90 Å². The molecule has 0 spiro atoms. The van der Waals surface area contributed by atoms with Gasteiger partial charge in [0.2, 0.25) is 0 Å². The minimum absolute atomic E-state index is 0.204. The van der Waals surface area contributed by atoms with E-state index in [9.17, 15) is 0 Å². The predicted molar refractivity (Wildman–Crippen MR) is 106 cm³/mol. The number of hydrogen-bond donors (Lipinski definition) is 0. The van der Waals surface area contributed by atoms with E-state index in [1.165, 1.54) is 22.3 Å². The van der Waals surface area contributed by atoms with E-state index in [2.05, 4.69) is 91.0 Å². The van der Waals surface area contributed by atoms with Crippen LogP contribution in [0.4, 0.5) is 0 Å². The van der Waals surface area contributed by atoms with E-state index in [4.69, 9.17) is 0 Å². The van der Waals surface area contributed by atoms with E-state index in [1.54, 1.807) is 10.8 Å². The van der Waals surface area contributed by atoms with Crippen molar-refractivity contribution in [2.45, 2.75) is 60.7 Å². The van der Waals surface area contributed by atoms with E-state index in [1.807, 2.05) is 0 Å². The van der Waals surface area contributed by atoms with Crippen LogP contribution in [0.5, 0.6) is 0 Å².